The van der Waals surface area contributed by atoms with E-state index in [-0.39, 0.29) is 18.3 Å². The van der Waals surface area contributed by atoms with E-state index in [0.717, 1.165) is 25.2 Å². The summed E-state index contributed by atoms with van der Waals surface area (Å²) in [5.74, 6) is 0.234. The Balaban J connectivity index is 0.00000180. The van der Waals surface area contributed by atoms with Gasteiger partial charge in [-0.3, -0.25) is 4.79 Å². The van der Waals surface area contributed by atoms with E-state index in [9.17, 15) is 4.79 Å². The van der Waals surface area contributed by atoms with Crippen molar-refractivity contribution in [1.29, 1.82) is 0 Å². The molecule has 1 saturated heterocycles. The SMILES string of the molecule is CCN(C(=O)CCC1CCCN1)c1ccccc1.Cl. The van der Waals surface area contributed by atoms with E-state index in [4.69, 9.17) is 0 Å². The van der Waals surface area contributed by atoms with Gasteiger partial charge in [0.05, 0.1) is 0 Å². The summed E-state index contributed by atoms with van der Waals surface area (Å²) >= 11 is 0. The summed E-state index contributed by atoms with van der Waals surface area (Å²) in [5.41, 5.74) is 1.00. The predicted molar refractivity (Wildman–Crippen MR) is 82.0 cm³/mol. The molecule has 106 valence electrons. The molecule has 0 aliphatic carbocycles. The van der Waals surface area contributed by atoms with Crippen LogP contribution >= 0.6 is 12.4 Å². The first kappa shape index (κ1) is 16.0. The number of carbonyl (C=O) groups excluding carboxylic acids is 1. The van der Waals surface area contributed by atoms with Crippen molar-refractivity contribution in [1.82, 2.24) is 5.32 Å². The van der Waals surface area contributed by atoms with Crippen LogP contribution in [0.5, 0.6) is 0 Å². The number of amides is 1. The van der Waals surface area contributed by atoms with Gasteiger partial charge in [0, 0.05) is 24.7 Å². The van der Waals surface area contributed by atoms with Gasteiger partial charge in [0.1, 0.15) is 0 Å². The molecule has 1 aliphatic rings. The van der Waals surface area contributed by atoms with Crippen LogP contribution < -0.4 is 10.2 Å². The topological polar surface area (TPSA) is 32.3 Å². The fourth-order valence-corrected chi connectivity index (χ4v) is 2.55. The minimum absolute atomic E-state index is 0. The summed E-state index contributed by atoms with van der Waals surface area (Å²) in [5, 5.41) is 3.44. The average molecular weight is 283 g/mol. The maximum atomic E-state index is 12.2. The molecule has 0 aromatic heterocycles. The first-order chi connectivity index (χ1) is 8.81. The highest BCUT2D eigenvalue weighted by atomic mass is 35.5. The highest BCUT2D eigenvalue weighted by Gasteiger charge is 2.18. The highest BCUT2D eigenvalue weighted by Crippen LogP contribution is 2.17. The predicted octanol–water partition coefficient (Wildman–Crippen LogP) is 2.99. The second kappa shape index (κ2) is 8.18. The van der Waals surface area contributed by atoms with Gasteiger partial charge in [-0.15, -0.1) is 12.4 Å². The van der Waals surface area contributed by atoms with Crippen molar-refractivity contribution in [3.63, 3.8) is 0 Å². The molecule has 0 radical (unpaired) electrons. The van der Waals surface area contributed by atoms with Crippen LogP contribution in [0, 0.1) is 0 Å². The van der Waals surface area contributed by atoms with Crippen LogP contribution in [-0.4, -0.2) is 25.0 Å². The van der Waals surface area contributed by atoms with Gasteiger partial charge in [-0.1, -0.05) is 18.2 Å². The van der Waals surface area contributed by atoms with Crippen molar-refractivity contribution in [3.8, 4) is 0 Å². The van der Waals surface area contributed by atoms with Gasteiger partial charge in [0.15, 0.2) is 0 Å². The number of hydrogen-bond acceptors (Lipinski definition) is 2. The van der Waals surface area contributed by atoms with Gasteiger partial charge >= 0.3 is 0 Å². The number of halogens is 1. The number of rotatable bonds is 5. The Hall–Kier alpha value is -1.06. The molecule has 1 N–H and O–H groups in total. The van der Waals surface area contributed by atoms with Gasteiger partial charge in [-0.05, 0) is 44.9 Å². The van der Waals surface area contributed by atoms with Crippen molar-refractivity contribution in [2.45, 2.75) is 38.6 Å². The minimum atomic E-state index is 0. The first-order valence-corrected chi connectivity index (χ1v) is 6.90. The van der Waals surface area contributed by atoms with E-state index < -0.39 is 0 Å². The molecular weight excluding hydrogens is 260 g/mol. The molecule has 4 heteroatoms. The molecule has 1 heterocycles. The Morgan fingerprint density at radius 2 is 2.11 bits per heavy atom. The smallest absolute Gasteiger partial charge is 0.227 e. The molecule has 1 aromatic rings. The molecular formula is C15H23ClN2O. The number of para-hydroxylation sites is 1. The van der Waals surface area contributed by atoms with Crippen molar-refractivity contribution < 1.29 is 4.79 Å². The number of carbonyl (C=O) groups is 1. The van der Waals surface area contributed by atoms with E-state index in [1.807, 2.05) is 42.2 Å². The summed E-state index contributed by atoms with van der Waals surface area (Å²) in [4.78, 5) is 14.1. The standard InChI is InChI=1S/C15H22N2O.ClH/c1-2-17(14-8-4-3-5-9-14)15(18)11-10-13-7-6-12-16-13;/h3-5,8-9,13,16H,2,6-7,10-12H2,1H3;1H. The number of anilines is 1. The maximum Gasteiger partial charge on any atom is 0.227 e. The lowest BCUT2D eigenvalue weighted by Crippen LogP contribution is -2.32. The molecule has 2 rings (SSSR count). The van der Waals surface area contributed by atoms with Gasteiger partial charge in [-0.2, -0.15) is 0 Å². The molecule has 1 unspecified atom stereocenters. The van der Waals surface area contributed by atoms with E-state index in [2.05, 4.69) is 5.32 Å². The second-order valence-electron chi connectivity index (χ2n) is 4.81. The molecule has 3 nitrogen and oxygen atoms in total. The van der Waals surface area contributed by atoms with Gasteiger partial charge < -0.3 is 10.2 Å². The largest absolute Gasteiger partial charge is 0.314 e. The van der Waals surface area contributed by atoms with E-state index in [1.165, 1.54) is 12.8 Å². The summed E-state index contributed by atoms with van der Waals surface area (Å²) in [6.45, 7) is 3.87. The van der Waals surface area contributed by atoms with Gasteiger partial charge in [-0.25, -0.2) is 0 Å². The van der Waals surface area contributed by atoms with E-state index >= 15 is 0 Å². The van der Waals surface area contributed by atoms with Crippen LogP contribution in [0.1, 0.15) is 32.6 Å². The van der Waals surface area contributed by atoms with Crippen LogP contribution in [0.2, 0.25) is 0 Å². The molecule has 1 atom stereocenters. The monoisotopic (exact) mass is 282 g/mol. The molecule has 1 aliphatic heterocycles. The molecule has 0 bridgehead atoms. The fraction of sp³-hybridized carbons (Fsp3) is 0.533. The zero-order valence-electron chi connectivity index (χ0n) is 11.5. The van der Waals surface area contributed by atoms with E-state index in [0.29, 0.717) is 12.5 Å². The zero-order valence-corrected chi connectivity index (χ0v) is 12.3. The molecule has 1 amide bonds. The van der Waals surface area contributed by atoms with E-state index in [1.54, 1.807) is 0 Å². The molecule has 1 fully saturated rings. The summed E-state index contributed by atoms with van der Waals surface area (Å²) < 4.78 is 0. The lowest BCUT2D eigenvalue weighted by molar-refractivity contribution is -0.118. The first-order valence-electron chi connectivity index (χ1n) is 6.90. The lowest BCUT2D eigenvalue weighted by atomic mass is 10.1. The maximum absolute atomic E-state index is 12.2. The second-order valence-corrected chi connectivity index (χ2v) is 4.81. The third-order valence-corrected chi connectivity index (χ3v) is 3.55. The molecule has 0 spiro atoms. The van der Waals surface area contributed by atoms with Crippen molar-refractivity contribution in [3.05, 3.63) is 30.3 Å². The lowest BCUT2D eigenvalue weighted by Gasteiger charge is -2.21. The number of benzene rings is 1. The number of nitrogens with one attached hydrogen (secondary N) is 1. The van der Waals surface area contributed by atoms with Crippen LogP contribution in [0.25, 0.3) is 0 Å². The third-order valence-electron chi connectivity index (χ3n) is 3.55. The summed E-state index contributed by atoms with van der Waals surface area (Å²) in [7, 11) is 0. The summed E-state index contributed by atoms with van der Waals surface area (Å²) in [6, 6.07) is 10.5. The fourth-order valence-electron chi connectivity index (χ4n) is 2.55. The van der Waals surface area contributed by atoms with Crippen molar-refractivity contribution in [2.24, 2.45) is 0 Å². The molecule has 19 heavy (non-hydrogen) atoms. The Morgan fingerprint density at radius 3 is 2.68 bits per heavy atom. The van der Waals surface area contributed by atoms with Crippen LogP contribution in [0.3, 0.4) is 0 Å². The average Bonchev–Trinajstić information content (AvgIpc) is 2.92. The molecule has 1 aromatic carbocycles. The molecule has 0 saturated carbocycles. The van der Waals surface area contributed by atoms with Gasteiger partial charge in [0.25, 0.3) is 0 Å². The Bertz CT molecular complexity index is 377. The Labute approximate surface area is 121 Å². The van der Waals surface area contributed by atoms with Gasteiger partial charge in [0.2, 0.25) is 5.91 Å². The van der Waals surface area contributed by atoms with Crippen LogP contribution in [0.4, 0.5) is 5.69 Å². The summed E-state index contributed by atoms with van der Waals surface area (Å²) in [6.07, 6.45) is 4.06. The third kappa shape index (κ3) is 4.51. The van der Waals surface area contributed by atoms with Crippen molar-refractivity contribution >= 4 is 24.0 Å². The number of hydrogen-bond donors (Lipinski definition) is 1. The number of nitrogens with zero attached hydrogens (tertiary/aromatic N) is 1. The Kier molecular flexibility index (Phi) is 6.89. The van der Waals surface area contributed by atoms with Crippen LogP contribution in [0.15, 0.2) is 30.3 Å². The Morgan fingerprint density at radius 1 is 1.37 bits per heavy atom. The zero-order chi connectivity index (χ0) is 12.8. The normalized spacial score (nSPS) is 17.8. The highest BCUT2D eigenvalue weighted by molar-refractivity contribution is 5.93. The quantitative estimate of drug-likeness (QED) is 0.900. The minimum Gasteiger partial charge on any atom is -0.314 e. The van der Waals surface area contributed by atoms with Crippen molar-refractivity contribution in [2.75, 3.05) is 18.0 Å². The van der Waals surface area contributed by atoms with Crippen LogP contribution in [-0.2, 0) is 4.79 Å².